The molecule has 1 atom stereocenters. The van der Waals surface area contributed by atoms with Gasteiger partial charge in [-0.2, -0.15) is 4.98 Å². The number of methoxy groups -OCH3 is 1. The Morgan fingerprint density at radius 2 is 2.18 bits per heavy atom. The third kappa shape index (κ3) is 6.59. The fourth-order valence-corrected chi connectivity index (χ4v) is 2.53. The van der Waals surface area contributed by atoms with E-state index in [1.54, 1.807) is 13.1 Å². The molecule has 0 fully saturated rings. The van der Waals surface area contributed by atoms with Crippen LogP contribution in [-0.4, -0.2) is 48.8 Å². The van der Waals surface area contributed by atoms with Crippen molar-refractivity contribution in [2.24, 2.45) is 4.99 Å². The lowest BCUT2D eigenvalue weighted by atomic mass is 10.2. The zero-order chi connectivity index (χ0) is 19.8. The molecule has 0 radical (unpaired) electrons. The molecule has 0 aliphatic carbocycles. The zero-order valence-electron chi connectivity index (χ0n) is 16.7. The average Bonchev–Trinajstić information content (AvgIpc) is 3.12. The van der Waals surface area contributed by atoms with Crippen molar-refractivity contribution in [2.45, 2.75) is 33.0 Å². The zero-order valence-corrected chi connectivity index (χ0v) is 19.1. The summed E-state index contributed by atoms with van der Waals surface area (Å²) in [4.78, 5) is 10.4. The van der Waals surface area contributed by atoms with Crippen molar-refractivity contribution in [3.63, 3.8) is 0 Å². The highest BCUT2D eigenvalue weighted by molar-refractivity contribution is 14.0. The predicted octanol–water partition coefficient (Wildman–Crippen LogP) is 3.14. The number of rotatable bonds is 8. The Kier molecular flexibility index (Phi) is 10.1. The fraction of sp³-hybridized carbons (Fsp3) is 0.500. The SMILES string of the molecule is CCOC(C)c1noc(CNC(=NC)N(C)Cc2ccc(OC)c(F)c2)n1.I. The highest BCUT2D eigenvalue weighted by Gasteiger charge is 2.15. The maximum atomic E-state index is 13.8. The molecule has 0 aliphatic heterocycles. The minimum Gasteiger partial charge on any atom is -0.494 e. The highest BCUT2D eigenvalue weighted by Crippen LogP contribution is 2.18. The maximum Gasteiger partial charge on any atom is 0.246 e. The minimum atomic E-state index is -0.395. The molecule has 28 heavy (non-hydrogen) atoms. The van der Waals surface area contributed by atoms with Crippen molar-refractivity contribution in [3.8, 4) is 5.75 Å². The summed E-state index contributed by atoms with van der Waals surface area (Å²) < 4.78 is 29.5. The number of guanidine groups is 1. The van der Waals surface area contributed by atoms with Crippen LogP contribution in [0.15, 0.2) is 27.7 Å². The van der Waals surface area contributed by atoms with Crippen LogP contribution in [0.1, 0.15) is 37.2 Å². The van der Waals surface area contributed by atoms with E-state index in [9.17, 15) is 4.39 Å². The second kappa shape index (κ2) is 11.8. The Bertz CT molecular complexity index is 771. The average molecular weight is 507 g/mol. The third-order valence-electron chi connectivity index (χ3n) is 3.87. The molecular weight excluding hydrogens is 480 g/mol. The molecule has 156 valence electrons. The van der Waals surface area contributed by atoms with E-state index in [-0.39, 0.29) is 35.8 Å². The van der Waals surface area contributed by atoms with Gasteiger partial charge in [0.05, 0.1) is 13.7 Å². The van der Waals surface area contributed by atoms with Gasteiger partial charge >= 0.3 is 0 Å². The smallest absolute Gasteiger partial charge is 0.246 e. The van der Waals surface area contributed by atoms with Crippen LogP contribution in [0.3, 0.4) is 0 Å². The van der Waals surface area contributed by atoms with Gasteiger partial charge in [0.2, 0.25) is 5.89 Å². The van der Waals surface area contributed by atoms with Crippen LogP contribution in [0.2, 0.25) is 0 Å². The molecule has 1 N–H and O–H groups in total. The van der Waals surface area contributed by atoms with Crippen LogP contribution in [0.4, 0.5) is 4.39 Å². The maximum absolute atomic E-state index is 13.8. The van der Waals surface area contributed by atoms with E-state index < -0.39 is 5.82 Å². The van der Waals surface area contributed by atoms with Crippen LogP contribution in [0.5, 0.6) is 5.75 Å². The van der Waals surface area contributed by atoms with Crippen molar-refractivity contribution in [1.82, 2.24) is 20.4 Å². The van der Waals surface area contributed by atoms with E-state index in [2.05, 4.69) is 20.4 Å². The van der Waals surface area contributed by atoms with Gasteiger partial charge < -0.3 is 24.2 Å². The molecule has 1 unspecified atom stereocenters. The molecule has 2 rings (SSSR count). The second-order valence-corrected chi connectivity index (χ2v) is 5.87. The molecule has 0 spiro atoms. The Hall–Kier alpha value is -1.95. The van der Waals surface area contributed by atoms with Crippen LogP contribution in [0.25, 0.3) is 0 Å². The Balaban J connectivity index is 0.00000392. The molecule has 1 heterocycles. The number of benzene rings is 1. The summed E-state index contributed by atoms with van der Waals surface area (Å²) in [6.07, 6.45) is -0.223. The van der Waals surface area contributed by atoms with Gasteiger partial charge in [-0.25, -0.2) is 4.39 Å². The Labute approximate surface area is 181 Å². The predicted molar refractivity (Wildman–Crippen MR) is 114 cm³/mol. The molecule has 0 saturated heterocycles. The third-order valence-corrected chi connectivity index (χ3v) is 3.87. The number of hydrogen-bond donors (Lipinski definition) is 1. The molecular formula is C18H27FIN5O3. The van der Waals surface area contributed by atoms with Crippen molar-refractivity contribution < 1.29 is 18.4 Å². The van der Waals surface area contributed by atoms with E-state index in [1.807, 2.05) is 31.9 Å². The van der Waals surface area contributed by atoms with E-state index >= 15 is 0 Å². The summed E-state index contributed by atoms with van der Waals surface area (Å²) in [7, 11) is 4.96. The Morgan fingerprint density at radius 1 is 1.43 bits per heavy atom. The first-order valence-electron chi connectivity index (χ1n) is 8.66. The largest absolute Gasteiger partial charge is 0.494 e. The molecule has 8 nitrogen and oxygen atoms in total. The van der Waals surface area contributed by atoms with E-state index in [1.165, 1.54) is 13.2 Å². The number of halogens is 2. The van der Waals surface area contributed by atoms with Crippen molar-refractivity contribution >= 4 is 29.9 Å². The molecule has 0 aliphatic rings. The minimum absolute atomic E-state index is 0. The molecule has 2 aromatic rings. The topological polar surface area (TPSA) is 85.0 Å². The molecule has 0 bridgehead atoms. The number of nitrogens with zero attached hydrogens (tertiary/aromatic N) is 4. The van der Waals surface area contributed by atoms with Gasteiger partial charge in [0, 0.05) is 27.2 Å². The van der Waals surface area contributed by atoms with Crippen LogP contribution in [-0.2, 0) is 17.8 Å². The summed E-state index contributed by atoms with van der Waals surface area (Å²) in [6, 6.07) is 4.86. The lowest BCUT2D eigenvalue weighted by Gasteiger charge is -2.21. The number of aromatic nitrogens is 2. The highest BCUT2D eigenvalue weighted by atomic mass is 127. The number of aliphatic imine (C=N–C) groups is 1. The van der Waals surface area contributed by atoms with Crippen molar-refractivity contribution in [1.29, 1.82) is 0 Å². The van der Waals surface area contributed by atoms with Gasteiger partial charge in [-0.15, -0.1) is 24.0 Å². The molecule has 10 heteroatoms. The van der Waals surface area contributed by atoms with Crippen LogP contribution in [0, 0.1) is 5.82 Å². The quantitative estimate of drug-likeness (QED) is 0.334. The Morgan fingerprint density at radius 3 is 2.79 bits per heavy atom. The monoisotopic (exact) mass is 507 g/mol. The van der Waals surface area contributed by atoms with Gasteiger partial charge in [-0.3, -0.25) is 4.99 Å². The van der Waals surface area contributed by atoms with Gasteiger partial charge in [-0.1, -0.05) is 11.2 Å². The number of hydrogen-bond acceptors (Lipinski definition) is 6. The molecule has 0 saturated carbocycles. The first kappa shape index (κ1) is 24.1. The van der Waals surface area contributed by atoms with Crippen LogP contribution >= 0.6 is 24.0 Å². The van der Waals surface area contributed by atoms with E-state index in [4.69, 9.17) is 14.0 Å². The van der Waals surface area contributed by atoms with E-state index in [0.29, 0.717) is 37.4 Å². The lowest BCUT2D eigenvalue weighted by Crippen LogP contribution is -2.38. The van der Waals surface area contributed by atoms with Gasteiger partial charge in [-0.05, 0) is 31.5 Å². The summed E-state index contributed by atoms with van der Waals surface area (Å²) in [6.45, 7) is 5.14. The fourth-order valence-electron chi connectivity index (χ4n) is 2.53. The number of ether oxygens (including phenoxy) is 2. The van der Waals surface area contributed by atoms with Crippen molar-refractivity contribution in [3.05, 3.63) is 41.3 Å². The second-order valence-electron chi connectivity index (χ2n) is 5.87. The normalized spacial score (nSPS) is 12.3. The summed E-state index contributed by atoms with van der Waals surface area (Å²) >= 11 is 0. The summed E-state index contributed by atoms with van der Waals surface area (Å²) in [5.41, 5.74) is 0.796. The van der Waals surface area contributed by atoms with Crippen LogP contribution < -0.4 is 10.1 Å². The van der Waals surface area contributed by atoms with Gasteiger partial charge in [0.15, 0.2) is 23.4 Å². The first-order chi connectivity index (χ1) is 13.0. The summed E-state index contributed by atoms with van der Waals surface area (Å²) in [5, 5.41) is 7.07. The van der Waals surface area contributed by atoms with E-state index in [0.717, 1.165) is 5.56 Å². The summed E-state index contributed by atoms with van der Waals surface area (Å²) in [5.74, 6) is 1.38. The first-order valence-corrected chi connectivity index (χ1v) is 8.66. The molecule has 1 aromatic heterocycles. The molecule has 1 aromatic carbocycles. The van der Waals surface area contributed by atoms with Gasteiger partial charge in [0.1, 0.15) is 6.10 Å². The van der Waals surface area contributed by atoms with Gasteiger partial charge in [0.25, 0.3) is 0 Å². The number of nitrogens with one attached hydrogen (secondary N) is 1. The standard InChI is InChI=1S/C18H26FN5O3.HI/c1-6-26-12(2)17-22-16(27-23-17)10-21-18(20-3)24(4)11-13-7-8-15(25-5)14(19)9-13;/h7-9,12H,6,10-11H2,1-5H3,(H,20,21);1H. The molecule has 0 amide bonds. The lowest BCUT2D eigenvalue weighted by molar-refractivity contribution is 0.0683. The van der Waals surface area contributed by atoms with Crippen molar-refractivity contribution in [2.75, 3.05) is 27.8 Å².